The Morgan fingerprint density at radius 3 is 2.71 bits per heavy atom. The number of aromatic nitrogens is 2. The average molecular weight is 481 g/mol. The topological polar surface area (TPSA) is 81.4 Å². The first kappa shape index (κ1) is 21.9. The zero-order valence-corrected chi connectivity index (χ0v) is 20.8. The van der Waals surface area contributed by atoms with E-state index in [4.69, 9.17) is 9.72 Å². The average Bonchev–Trinajstić information content (AvgIpc) is 3.14. The molecule has 0 fully saturated rings. The lowest BCUT2D eigenvalue weighted by atomic mass is 9.86. The van der Waals surface area contributed by atoms with Gasteiger partial charge in [-0.25, -0.2) is 9.78 Å². The molecule has 2 aromatic carbocycles. The number of rotatable bonds is 3. The molecule has 4 aromatic rings. The smallest absolute Gasteiger partial charge is 0.343 e. The number of carbonyl (C=O) groups excluding carboxylic acids is 1. The van der Waals surface area contributed by atoms with Gasteiger partial charge in [-0.3, -0.25) is 4.79 Å². The highest BCUT2D eigenvalue weighted by molar-refractivity contribution is 6.56. The molecule has 4 heterocycles. The number of pyridine rings is 2. The fourth-order valence-electron chi connectivity index (χ4n) is 5.26. The predicted molar refractivity (Wildman–Crippen MR) is 135 cm³/mol. The van der Waals surface area contributed by atoms with Crippen molar-refractivity contribution in [3.8, 4) is 11.4 Å². The van der Waals surface area contributed by atoms with E-state index in [2.05, 4.69) is 38.1 Å². The first-order valence-corrected chi connectivity index (χ1v) is 12.8. The maximum Gasteiger partial charge on any atom is 0.343 e. The number of fused-ring (bicyclic) bond motifs is 5. The molecule has 0 bridgehead atoms. The molecule has 0 spiro atoms. The Morgan fingerprint density at radius 2 is 1.94 bits per heavy atom. The Kier molecular flexibility index (Phi) is 4.85. The van der Waals surface area contributed by atoms with E-state index < -0.39 is 11.6 Å². The number of benzene rings is 2. The summed E-state index contributed by atoms with van der Waals surface area (Å²) in [6.45, 7) is 5.75. The van der Waals surface area contributed by atoms with Crippen molar-refractivity contribution in [2.75, 3.05) is 0 Å². The maximum absolute atomic E-state index is 14.0. The number of cyclic esters (lactones) is 1. The quantitative estimate of drug-likeness (QED) is 0.360. The lowest BCUT2D eigenvalue weighted by Crippen LogP contribution is -2.45. The third-order valence-corrected chi connectivity index (χ3v) is 8.92. The van der Waals surface area contributed by atoms with Crippen molar-refractivity contribution in [3.63, 3.8) is 0 Å². The highest BCUT2D eigenvalue weighted by atomic mass is 28.2. The van der Waals surface area contributed by atoms with E-state index in [1.807, 2.05) is 24.3 Å². The molecule has 0 aliphatic carbocycles. The van der Waals surface area contributed by atoms with Crippen LogP contribution in [0.15, 0.2) is 59.4 Å². The van der Waals surface area contributed by atoms with Crippen LogP contribution in [0.4, 0.5) is 0 Å². The summed E-state index contributed by atoms with van der Waals surface area (Å²) in [7, 11) is 0.302. The second-order valence-corrected chi connectivity index (χ2v) is 10.7. The molecule has 2 radical (unpaired) electrons. The van der Waals surface area contributed by atoms with Crippen LogP contribution in [0, 0.1) is 13.8 Å². The number of esters is 1. The Balaban J connectivity index is 1.64. The molecular formula is C28H24N2O4Si. The molecule has 2 aliphatic heterocycles. The zero-order chi connectivity index (χ0) is 24.5. The summed E-state index contributed by atoms with van der Waals surface area (Å²) in [5.41, 5.74) is 3.93. The molecule has 0 saturated heterocycles. The molecule has 35 heavy (non-hydrogen) atoms. The van der Waals surface area contributed by atoms with Gasteiger partial charge in [-0.2, -0.15) is 0 Å². The van der Waals surface area contributed by atoms with Crippen LogP contribution in [0.2, 0.25) is 0 Å². The van der Waals surface area contributed by atoms with Gasteiger partial charge in [-0.15, -0.1) is 0 Å². The lowest BCUT2D eigenvalue weighted by Gasteiger charge is -2.32. The van der Waals surface area contributed by atoms with Gasteiger partial charge in [0.2, 0.25) is 0 Å². The minimum Gasteiger partial charge on any atom is -0.458 e. The number of aryl methyl sites for hydroxylation is 2. The largest absolute Gasteiger partial charge is 0.458 e. The van der Waals surface area contributed by atoms with Crippen molar-refractivity contribution in [3.05, 3.63) is 92.8 Å². The zero-order valence-electron chi connectivity index (χ0n) is 19.8. The van der Waals surface area contributed by atoms with Crippen molar-refractivity contribution < 1.29 is 14.6 Å². The summed E-state index contributed by atoms with van der Waals surface area (Å²) < 4.78 is 7.06. The van der Waals surface area contributed by atoms with Crippen LogP contribution in [0.5, 0.6) is 0 Å². The van der Waals surface area contributed by atoms with E-state index in [1.54, 1.807) is 17.6 Å². The van der Waals surface area contributed by atoms with Gasteiger partial charge < -0.3 is 14.4 Å². The van der Waals surface area contributed by atoms with Crippen LogP contribution < -0.4 is 10.7 Å². The van der Waals surface area contributed by atoms with Gasteiger partial charge in [0.25, 0.3) is 5.56 Å². The summed E-state index contributed by atoms with van der Waals surface area (Å²) in [6, 6.07) is 18.2. The summed E-state index contributed by atoms with van der Waals surface area (Å²) in [6.07, 6.45) is 0.119. The van der Waals surface area contributed by atoms with Crippen LogP contribution in [-0.4, -0.2) is 30.1 Å². The van der Waals surface area contributed by atoms with Gasteiger partial charge in [0, 0.05) is 16.5 Å². The second-order valence-electron chi connectivity index (χ2n) is 9.37. The van der Waals surface area contributed by atoms with E-state index in [1.165, 1.54) is 16.3 Å². The minimum absolute atomic E-state index is 0.119. The van der Waals surface area contributed by atoms with Crippen molar-refractivity contribution in [1.82, 2.24) is 9.55 Å². The Labute approximate surface area is 205 Å². The van der Waals surface area contributed by atoms with E-state index in [9.17, 15) is 14.7 Å². The molecule has 6 rings (SSSR count). The number of carbonyl (C=O) groups is 1. The number of nitrogens with zero attached hydrogens (tertiary/aromatic N) is 2. The normalized spacial score (nSPS) is 20.3. The number of aliphatic hydroxyl groups is 1. The molecule has 2 atom stereocenters. The van der Waals surface area contributed by atoms with Crippen molar-refractivity contribution in [1.29, 1.82) is 0 Å². The molecule has 174 valence electrons. The Bertz CT molecular complexity index is 1610. The van der Waals surface area contributed by atoms with Gasteiger partial charge >= 0.3 is 5.97 Å². The summed E-state index contributed by atoms with van der Waals surface area (Å²) in [4.78, 5) is 31.4. The summed E-state index contributed by atoms with van der Waals surface area (Å²) in [5, 5.41) is 13.4. The molecule has 1 N–H and O–H groups in total. The minimum atomic E-state index is -1.84. The third-order valence-electron chi connectivity index (χ3n) is 7.21. The van der Waals surface area contributed by atoms with Crippen LogP contribution in [0.25, 0.3) is 22.3 Å². The van der Waals surface area contributed by atoms with Gasteiger partial charge in [-0.05, 0) is 38.5 Å². The fourth-order valence-corrected chi connectivity index (χ4v) is 6.80. The van der Waals surface area contributed by atoms with E-state index in [0.717, 1.165) is 22.2 Å². The Hall–Kier alpha value is -3.55. The van der Waals surface area contributed by atoms with Crippen LogP contribution in [-0.2, 0) is 21.7 Å². The van der Waals surface area contributed by atoms with E-state index in [-0.39, 0.29) is 24.3 Å². The van der Waals surface area contributed by atoms with E-state index in [0.29, 0.717) is 26.3 Å². The first-order chi connectivity index (χ1) is 16.8. The number of hydrogen-bond donors (Lipinski definition) is 1. The third kappa shape index (κ3) is 3.15. The number of ether oxygens (including phenoxy) is 1. The molecule has 2 aromatic heterocycles. The van der Waals surface area contributed by atoms with Crippen molar-refractivity contribution in [2.24, 2.45) is 0 Å². The molecule has 0 saturated carbocycles. The van der Waals surface area contributed by atoms with Crippen LogP contribution >= 0.6 is 0 Å². The van der Waals surface area contributed by atoms with Crippen molar-refractivity contribution >= 4 is 31.6 Å². The van der Waals surface area contributed by atoms with Crippen molar-refractivity contribution in [2.45, 2.75) is 45.1 Å². The molecule has 0 amide bonds. The highest BCUT2D eigenvalue weighted by Crippen LogP contribution is 2.42. The summed E-state index contributed by atoms with van der Waals surface area (Å²) in [5.74, 6) is -0.713. The molecule has 2 aliphatic rings. The number of hydrogen-bond acceptors (Lipinski definition) is 5. The van der Waals surface area contributed by atoms with Gasteiger partial charge in [-0.1, -0.05) is 59.6 Å². The second kappa shape index (κ2) is 7.73. The van der Waals surface area contributed by atoms with Gasteiger partial charge in [0.15, 0.2) is 5.60 Å². The SMILES string of the molecule is CC[C@@]1(O)C(=O)OCc2c1cc1n(c2=O)C([Si]c2ccc(C)cc2C)c2cc3ccccc3nc2-1. The summed E-state index contributed by atoms with van der Waals surface area (Å²) >= 11 is 0. The molecule has 1 unspecified atom stereocenters. The molecule has 7 heteroatoms. The predicted octanol–water partition coefficient (Wildman–Crippen LogP) is 3.22. The lowest BCUT2D eigenvalue weighted by molar-refractivity contribution is -0.172. The van der Waals surface area contributed by atoms with Crippen LogP contribution in [0.3, 0.4) is 0 Å². The Morgan fingerprint density at radius 1 is 1.14 bits per heavy atom. The fraction of sp³-hybridized carbons (Fsp3) is 0.250. The number of para-hydroxylation sites is 1. The first-order valence-electron chi connectivity index (χ1n) is 11.7. The molecular weight excluding hydrogens is 456 g/mol. The monoisotopic (exact) mass is 480 g/mol. The van der Waals surface area contributed by atoms with Crippen LogP contribution in [0.1, 0.15) is 46.8 Å². The molecule has 6 nitrogen and oxygen atoms in total. The van der Waals surface area contributed by atoms with Gasteiger partial charge in [0.1, 0.15) is 16.1 Å². The highest BCUT2D eigenvalue weighted by Gasteiger charge is 2.46. The standard InChI is InChI=1S/C28H24N2O4Si/c1-4-28(33)20-13-22-24-18(12-17-7-5-6-8-21(17)29-24)26(35-23-10-9-15(2)11-16(23)3)30(22)25(31)19(20)14-34-27(28)32/h5-13,26,33H,4,14H2,1-3H3/t26?,28-/m0/s1. The van der Waals surface area contributed by atoms with Gasteiger partial charge in [0.05, 0.1) is 28.1 Å². The van der Waals surface area contributed by atoms with E-state index >= 15 is 0 Å². The maximum atomic E-state index is 14.0.